The Balaban J connectivity index is 1.62. The van der Waals surface area contributed by atoms with E-state index < -0.39 is 0 Å². The summed E-state index contributed by atoms with van der Waals surface area (Å²) in [7, 11) is 0. The molecule has 2 aromatic carbocycles. The van der Waals surface area contributed by atoms with E-state index in [1.165, 1.54) is 12.0 Å². The molecule has 1 saturated heterocycles. The molecule has 0 radical (unpaired) electrons. The SMILES string of the molecule is CCN1CCC[C@H]1CN(Cc1cc2ccc(C)cc2[nH]c1=O)C(=S)Nc1ccc(C)cc1C. The second kappa shape index (κ2) is 10.1. The van der Waals surface area contributed by atoms with E-state index in [1.807, 2.05) is 19.1 Å². The molecule has 2 heterocycles. The van der Waals surface area contributed by atoms with Crippen molar-refractivity contribution in [2.75, 3.05) is 25.0 Å². The number of anilines is 1. The minimum absolute atomic E-state index is 0.0498. The van der Waals surface area contributed by atoms with Gasteiger partial charge in [-0.1, -0.05) is 36.8 Å². The minimum atomic E-state index is -0.0498. The predicted molar refractivity (Wildman–Crippen MR) is 142 cm³/mol. The molecule has 1 fully saturated rings. The number of fused-ring (bicyclic) bond motifs is 1. The normalized spacial score (nSPS) is 16.3. The fraction of sp³-hybridized carbons (Fsp3) is 0.407. The van der Waals surface area contributed by atoms with Crippen molar-refractivity contribution in [3.8, 4) is 0 Å². The topological polar surface area (TPSA) is 51.4 Å². The second-order valence-corrected chi connectivity index (χ2v) is 9.65. The van der Waals surface area contributed by atoms with Crippen molar-refractivity contribution in [3.05, 3.63) is 75.1 Å². The van der Waals surface area contributed by atoms with Crippen molar-refractivity contribution in [3.63, 3.8) is 0 Å². The Morgan fingerprint density at radius 2 is 1.91 bits per heavy atom. The number of nitrogens with one attached hydrogen (secondary N) is 2. The monoisotopic (exact) mass is 462 g/mol. The average molecular weight is 463 g/mol. The number of likely N-dealkylation sites (N-methyl/N-ethyl adjacent to an activating group) is 1. The zero-order chi connectivity index (χ0) is 23.5. The number of benzene rings is 2. The van der Waals surface area contributed by atoms with Crippen molar-refractivity contribution in [2.24, 2.45) is 0 Å². The number of aryl methyl sites for hydroxylation is 3. The van der Waals surface area contributed by atoms with E-state index in [2.05, 4.69) is 71.2 Å². The highest BCUT2D eigenvalue weighted by atomic mass is 32.1. The molecule has 0 saturated carbocycles. The highest BCUT2D eigenvalue weighted by Gasteiger charge is 2.27. The molecule has 174 valence electrons. The van der Waals surface area contributed by atoms with Crippen LogP contribution in [0.3, 0.4) is 0 Å². The van der Waals surface area contributed by atoms with Gasteiger partial charge >= 0.3 is 0 Å². The minimum Gasteiger partial charge on any atom is -0.343 e. The molecule has 1 aromatic heterocycles. The van der Waals surface area contributed by atoms with Gasteiger partial charge in [0.15, 0.2) is 5.11 Å². The number of nitrogens with zero attached hydrogens (tertiary/aromatic N) is 2. The molecular formula is C27H34N4OS. The number of aromatic nitrogens is 1. The van der Waals surface area contributed by atoms with Crippen LogP contribution in [0.5, 0.6) is 0 Å². The lowest BCUT2D eigenvalue weighted by Crippen LogP contribution is -2.45. The lowest BCUT2D eigenvalue weighted by molar-refractivity contribution is 0.221. The summed E-state index contributed by atoms with van der Waals surface area (Å²) in [5.74, 6) is 0. The summed E-state index contributed by atoms with van der Waals surface area (Å²) in [6.45, 7) is 11.9. The summed E-state index contributed by atoms with van der Waals surface area (Å²) in [6.07, 6.45) is 2.36. The van der Waals surface area contributed by atoms with Gasteiger partial charge in [-0.3, -0.25) is 9.69 Å². The predicted octanol–water partition coefficient (Wildman–Crippen LogP) is 5.14. The van der Waals surface area contributed by atoms with Gasteiger partial charge < -0.3 is 15.2 Å². The number of H-pyrrole nitrogens is 1. The van der Waals surface area contributed by atoms with Crippen molar-refractivity contribution in [2.45, 2.75) is 53.1 Å². The molecular weight excluding hydrogens is 428 g/mol. The van der Waals surface area contributed by atoms with Crippen LogP contribution >= 0.6 is 12.2 Å². The molecule has 0 amide bonds. The van der Waals surface area contributed by atoms with Gasteiger partial charge in [0.1, 0.15) is 0 Å². The molecule has 0 bridgehead atoms. The fourth-order valence-corrected chi connectivity index (χ4v) is 5.07. The molecule has 1 atom stereocenters. The largest absolute Gasteiger partial charge is 0.343 e. The van der Waals surface area contributed by atoms with Crippen LogP contribution < -0.4 is 10.9 Å². The first-order valence-electron chi connectivity index (χ1n) is 11.8. The first kappa shape index (κ1) is 23.5. The number of rotatable bonds is 6. The summed E-state index contributed by atoms with van der Waals surface area (Å²) in [4.78, 5) is 20.7. The molecule has 0 aliphatic carbocycles. The number of thiocarbonyl (C=S) groups is 1. The maximum Gasteiger partial charge on any atom is 0.253 e. The van der Waals surface area contributed by atoms with Gasteiger partial charge in [0.25, 0.3) is 5.56 Å². The van der Waals surface area contributed by atoms with Gasteiger partial charge in [-0.25, -0.2) is 0 Å². The Morgan fingerprint density at radius 1 is 1.15 bits per heavy atom. The van der Waals surface area contributed by atoms with Gasteiger partial charge in [0.2, 0.25) is 0 Å². The molecule has 33 heavy (non-hydrogen) atoms. The van der Waals surface area contributed by atoms with Crippen molar-refractivity contribution < 1.29 is 0 Å². The maximum atomic E-state index is 13.0. The van der Waals surface area contributed by atoms with Crippen molar-refractivity contribution in [1.82, 2.24) is 14.8 Å². The van der Waals surface area contributed by atoms with E-state index in [9.17, 15) is 4.79 Å². The van der Waals surface area contributed by atoms with Crippen LogP contribution in [-0.4, -0.2) is 45.6 Å². The maximum absolute atomic E-state index is 13.0. The Labute approximate surface area is 201 Å². The summed E-state index contributed by atoms with van der Waals surface area (Å²) < 4.78 is 0. The molecule has 5 nitrogen and oxygen atoms in total. The number of hydrogen-bond acceptors (Lipinski definition) is 3. The Hall–Kier alpha value is -2.70. The summed E-state index contributed by atoms with van der Waals surface area (Å²) in [6, 6.07) is 14.9. The lowest BCUT2D eigenvalue weighted by Gasteiger charge is -2.32. The standard InChI is InChI=1S/C27H34N4OS/c1-5-30-12-6-7-23(30)17-31(27(33)29-24-11-9-18(2)13-20(24)4)16-22-15-21-10-8-19(3)14-25(21)28-26(22)32/h8-11,13-15,23H,5-7,12,16-17H2,1-4H3,(H,28,32)(H,29,33)/t23-/m0/s1. The zero-order valence-corrected chi connectivity index (χ0v) is 20.9. The number of aromatic amines is 1. The molecule has 4 rings (SSSR count). The van der Waals surface area contributed by atoms with Crippen LogP contribution in [-0.2, 0) is 6.54 Å². The second-order valence-electron chi connectivity index (χ2n) is 9.27. The van der Waals surface area contributed by atoms with E-state index in [4.69, 9.17) is 12.2 Å². The first-order valence-corrected chi connectivity index (χ1v) is 12.2. The molecule has 6 heteroatoms. The van der Waals surface area contributed by atoms with E-state index in [-0.39, 0.29) is 5.56 Å². The Morgan fingerprint density at radius 3 is 2.67 bits per heavy atom. The highest BCUT2D eigenvalue weighted by molar-refractivity contribution is 7.80. The Bertz CT molecular complexity index is 1220. The Kier molecular flexibility index (Phi) is 7.15. The fourth-order valence-electron chi connectivity index (χ4n) is 4.82. The molecule has 0 spiro atoms. The summed E-state index contributed by atoms with van der Waals surface area (Å²) in [5.41, 5.74) is 6.09. The number of likely N-dealkylation sites (tertiary alicyclic amines) is 1. The third kappa shape index (κ3) is 5.45. The average Bonchev–Trinajstić information content (AvgIpc) is 3.23. The van der Waals surface area contributed by atoms with Crippen LogP contribution in [0, 0.1) is 20.8 Å². The van der Waals surface area contributed by atoms with Crippen LogP contribution in [0.2, 0.25) is 0 Å². The van der Waals surface area contributed by atoms with Gasteiger partial charge in [-0.05, 0) is 93.6 Å². The van der Waals surface area contributed by atoms with Gasteiger partial charge in [0, 0.05) is 29.4 Å². The molecule has 1 aliphatic heterocycles. The number of hydrogen-bond donors (Lipinski definition) is 2. The van der Waals surface area contributed by atoms with E-state index in [0.717, 1.165) is 59.3 Å². The van der Waals surface area contributed by atoms with E-state index >= 15 is 0 Å². The van der Waals surface area contributed by atoms with Crippen molar-refractivity contribution >= 4 is 33.9 Å². The third-order valence-corrected chi connectivity index (χ3v) is 7.05. The summed E-state index contributed by atoms with van der Waals surface area (Å²) in [5, 5.41) is 5.16. The van der Waals surface area contributed by atoms with Gasteiger partial charge in [-0.15, -0.1) is 0 Å². The quantitative estimate of drug-likeness (QED) is 0.497. The zero-order valence-electron chi connectivity index (χ0n) is 20.1. The van der Waals surface area contributed by atoms with Gasteiger partial charge in [0.05, 0.1) is 6.54 Å². The van der Waals surface area contributed by atoms with Gasteiger partial charge in [-0.2, -0.15) is 0 Å². The van der Waals surface area contributed by atoms with Crippen molar-refractivity contribution in [1.29, 1.82) is 0 Å². The third-order valence-electron chi connectivity index (χ3n) is 6.69. The lowest BCUT2D eigenvalue weighted by atomic mass is 10.1. The van der Waals surface area contributed by atoms with Crippen LogP contribution in [0.25, 0.3) is 10.9 Å². The molecule has 2 N–H and O–H groups in total. The molecule has 1 aliphatic rings. The van der Waals surface area contributed by atoms with E-state index in [0.29, 0.717) is 17.7 Å². The first-order chi connectivity index (χ1) is 15.8. The highest BCUT2D eigenvalue weighted by Crippen LogP contribution is 2.22. The molecule has 3 aromatic rings. The van der Waals surface area contributed by atoms with Crippen LogP contribution in [0.4, 0.5) is 5.69 Å². The smallest absolute Gasteiger partial charge is 0.253 e. The van der Waals surface area contributed by atoms with E-state index in [1.54, 1.807) is 0 Å². The van der Waals surface area contributed by atoms with Crippen LogP contribution in [0.1, 0.15) is 42.0 Å². The van der Waals surface area contributed by atoms with Crippen LogP contribution in [0.15, 0.2) is 47.3 Å². The molecule has 0 unspecified atom stereocenters. The summed E-state index contributed by atoms with van der Waals surface area (Å²) >= 11 is 5.90. The number of pyridine rings is 1.